The van der Waals surface area contributed by atoms with Crippen LogP contribution in [0.2, 0.25) is 5.02 Å². The number of carbonyl (C=O) groups is 2. The molecule has 1 fully saturated rings. The van der Waals surface area contributed by atoms with Crippen LogP contribution in [-0.4, -0.2) is 57.4 Å². The fourth-order valence-corrected chi connectivity index (χ4v) is 4.40. The highest BCUT2D eigenvalue weighted by Crippen LogP contribution is 2.34. The lowest BCUT2D eigenvalue weighted by atomic mass is 10.1. The minimum absolute atomic E-state index is 0.142. The van der Waals surface area contributed by atoms with E-state index in [1.54, 1.807) is 35.0 Å². The van der Waals surface area contributed by atoms with Crippen molar-refractivity contribution in [1.29, 1.82) is 0 Å². The van der Waals surface area contributed by atoms with Crippen molar-refractivity contribution in [2.45, 2.75) is 19.4 Å². The fraction of sp³-hybridized carbons (Fsp3) is 0.240. The molecule has 1 aromatic carbocycles. The predicted molar refractivity (Wildman–Crippen MR) is 136 cm³/mol. The van der Waals surface area contributed by atoms with Crippen LogP contribution in [0.1, 0.15) is 39.6 Å². The molecular weight excluding hydrogens is 482 g/mol. The quantitative estimate of drug-likeness (QED) is 0.310. The summed E-state index contributed by atoms with van der Waals surface area (Å²) in [6.45, 7) is 5.79. The van der Waals surface area contributed by atoms with Gasteiger partial charge in [-0.3, -0.25) is 9.59 Å². The van der Waals surface area contributed by atoms with Gasteiger partial charge in [-0.2, -0.15) is 15.3 Å². The number of nitrogens with zero attached hydrogens (tertiary/aromatic N) is 5. The monoisotopic (exact) mass is 505 g/mol. The first-order valence-electron chi connectivity index (χ1n) is 11.0. The Balaban J connectivity index is 1.78. The zero-order chi connectivity index (χ0) is 26.0. The van der Waals surface area contributed by atoms with E-state index in [0.29, 0.717) is 40.6 Å². The number of hydrogen-bond donors (Lipinski definition) is 2. The number of nitrogens with two attached hydrogens (primary N) is 1. The van der Waals surface area contributed by atoms with Crippen molar-refractivity contribution in [2.75, 3.05) is 26.0 Å². The Kier molecular flexibility index (Phi) is 6.94. The van der Waals surface area contributed by atoms with Crippen molar-refractivity contribution < 1.29 is 14.3 Å². The number of benzene rings is 1. The average Bonchev–Trinajstić information content (AvgIpc) is 3.44. The van der Waals surface area contributed by atoms with Crippen LogP contribution >= 0.6 is 11.6 Å². The highest BCUT2D eigenvalue weighted by atomic mass is 35.5. The van der Waals surface area contributed by atoms with Gasteiger partial charge in [0.2, 0.25) is 5.91 Å². The first-order valence-corrected chi connectivity index (χ1v) is 11.4. The van der Waals surface area contributed by atoms with Crippen LogP contribution in [0.5, 0.6) is 0 Å². The third kappa shape index (κ3) is 4.48. The van der Waals surface area contributed by atoms with Gasteiger partial charge in [0.25, 0.3) is 5.91 Å². The maximum absolute atomic E-state index is 12.4. The Morgan fingerprint density at radius 1 is 1.36 bits per heavy atom. The average molecular weight is 506 g/mol. The highest BCUT2D eigenvalue weighted by Gasteiger charge is 2.35. The molecule has 0 spiro atoms. The number of primary amides is 1. The molecule has 0 unspecified atom stereocenters. The summed E-state index contributed by atoms with van der Waals surface area (Å²) in [6.07, 6.45) is 4.84. The SMILES string of the molecule is C=CC(=O)N1C[C@@H](n2nc(C#Cc3cc4nncc(C)c4cc3Cl)c(C(N)=O)c2NC)C/C1=C\OC. The highest BCUT2D eigenvalue weighted by molar-refractivity contribution is 6.32. The van der Waals surface area contributed by atoms with E-state index in [1.165, 1.54) is 19.4 Å². The zero-order valence-electron chi connectivity index (χ0n) is 20.0. The maximum Gasteiger partial charge on any atom is 0.255 e. The van der Waals surface area contributed by atoms with E-state index < -0.39 is 5.91 Å². The van der Waals surface area contributed by atoms with Crippen molar-refractivity contribution in [3.63, 3.8) is 0 Å². The number of rotatable bonds is 5. The van der Waals surface area contributed by atoms with Gasteiger partial charge < -0.3 is 20.7 Å². The van der Waals surface area contributed by atoms with Crippen LogP contribution in [-0.2, 0) is 9.53 Å². The molecular formula is C25H24ClN7O3. The molecule has 10 nitrogen and oxygen atoms in total. The van der Waals surface area contributed by atoms with Crippen molar-refractivity contribution in [2.24, 2.45) is 5.73 Å². The third-order valence-corrected chi connectivity index (χ3v) is 6.17. The molecule has 0 radical (unpaired) electrons. The van der Waals surface area contributed by atoms with Gasteiger partial charge in [-0.15, -0.1) is 0 Å². The Morgan fingerprint density at radius 3 is 2.81 bits per heavy atom. The van der Waals surface area contributed by atoms with Gasteiger partial charge in [0, 0.05) is 31.0 Å². The van der Waals surface area contributed by atoms with Gasteiger partial charge in [0.15, 0.2) is 5.69 Å². The predicted octanol–water partition coefficient (Wildman–Crippen LogP) is 2.78. The molecule has 3 heterocycles. The summed E-state index contributed by atoms with van der Waals surface area (Å²) in [5.41, 5.74) is 8.80. The molecule has 3 N–H and O–H groups in total. The van der Waals surface area contributed by atoms with E-state index >= 15 is 0 Å². The van der Waals surface area contributed by atoms with E-state index in [-0.39, 0.29) is 23.2 Å². The number of hydrogen-bond acceptors (Lipinski definition) is 7. The smallest absolute Gasteiger partial charge is 0.255 e. The molecule has 11 heteroatoms. The summed E-state index contributed by atoms with van der Waals surface area (Å²) in [6, 6.07) is 3.22. The second-order valence-corrected chi connectivity index (χ2v) is 8.52. The molecule has 1 saturated heterocycles. The molecule has 1 aliphatic rings. The molecule has 2 aromatic heterocycles. The summed E-state index contributed by atoms with van der Waals surface area (Å²) in [5.74, 6) is 5.37. The Bertz CT molecular complexity index is 1480. The number of amides is 2. The number of allylic oxidation sites excluding steroid dienone is 1. The van der Waals surface area contributed by atoms with Crippen LogP contribution in [0.3, 0.4) is 0 Å². The number of carbonyl (C=O) groups excluding carboxylic acids is 2. The van der Waals surface area contributed by atoms with Gasteiger partial charge in [-0.1, -0.05) is 24.1 Å². The third-order valence-electron chi connectivity index (χ3n) is 5.86. The standard InChI is InChI=1S/C25H24ClN7O3/c1-5-22(34)32-12-16(9-17(32)13-36-4)33-25(28-3)23(24(27)35)20(31-33)7-6-15-8-21-18(10-19(15)26)14(2)11-29-30-21/h5,8,10-11,13,16,28H,1,9,12H2,2-4H3,(H2,27,35)/b17-13+/t16-/m0/s1. The first-order chi connectivity index (χ1) is 17.3. The summed E-state index contributed by atoms with van der Waals surface area (Å²) >= 11 is 6.47. The van der Waals surface area contributed by atoms with Crippen molar-refractivity contribution in [1.82, 2.24) is 24.9 Å². The second-order valence-electron chi connectivity index (χ2n) is 8.11. The number of aromatic nitrogens is 4. The van der Waals surface area contributed by atoms with Gasteiger partial charge >= 0.3 is 0 Å². The van der Waals surface area contributed by atoms with Gasteiger partial charge in [-0.25, -0.2) is 4.68 Å². The second kappa shape index (κ2) is 10.1. The topological polar surface area (TPSA) is 128 Å². The lowest BCUT2D eigenvalue weighted by Gasteiger charge is -2.16. The molecule has 0 aliphatic carbocycles. The maximum atomic E-state index is 12.4. The molecule has 3 aromatic rings. The van der Waals surface area contributed by atoms with Gasteiger partial charge in [0.05, 0.1) is 35.6 Å². The molecule has 4 rings (SSSR count). The van der Waals surface area contributed by atoms with Crippen LogP contribution in [0.15, 0.2) is 42.9 Å². The van der Waals surface area contributed by atoms with E-state index in [1.807, 2.05) is 6.92 Å². The van der Waals surface area contributed by atoms with Gasteiger partial charge in [0.1, 0.15) is 17.6 Å². The summed E-state index contributed by atoms with van der Waals surface area (Å²) in [5, 5.41) is 17.0. The minimum atomic E-state index is -0.689. The number of aryl methyl sites for hydroxylation is 1. The van der Waals surface area contributed by atoms with Crippen molar-refractivity contribution in [3.05, 3.63) is 70.4 Å². The minimum Gasteiger partial charge on any atom is -0.503 e. The number of halogens is 1. The number of anilines is 1. The Morgan fingerprint density at radius 2 is 2.14 bits per heavy atom. The number of fused-ring (bicyclic) bond motifs is 1. The normalized spacial score (nSPS) is 16.1. The molecule has 0 bridgehead atoms. The number of ether oxygens (including phenoxy) is 1. The number of likely N-dealkylation sites (tertiary alicyclic amines) is 1. The van der Waals surface area contributed by atoms with E-state index in [4.69, 9.17) is 22.1 Å². The van der Waals surface area contributed by atoms with E-state index in [0.717, 1.165) is 10.9 Å². The molecule has 0 saturated carbocycles. The van der Waals surface area contributed by atoms with Crippen LogP contribution in [0.25, 0.3) is 10.9 Å². The van der Waals surface area contributed by atoms with Gasteiger partial charge in [-0.05, 0) is 36.6 Å². The molecule has 184 valence electrons. The van der Waals surface area contributed by atoms with Crippen molar-refractivity contribution >= 4 is 40.1 Å². The molecule has 36 heavy (non-hydrogen) atoms. The zero-order valence-corrected chi connectivity index (χ0v) is 20.8. The Hall–Kier alpha value is -4.36. The summed E-state index contributed by atoms with van der Waals surface area (Å²) in [7, 11) is 3.17. The molecule has 1 atom stereocenters. The van der Waals surface area contributed by atoms with Crippen LogP contribution in [0.4, 0.5) is 5.82 Å². The van der Waals surface area contributed by atoms with Crippen LogP contribution in [0, 0.1) is 18.8 Å². The summed E-state index contributed by atoms with van der Waals surface area (Å²) in [4.78, 5) is 26.3. The first kappa shape index (κ1) is 24.8. The summed E-state index contributed by atoms with van der Waals surface area (Å²) < 4.78 is 6.77. The largest absolute Gasteiger partial charge is 0.503 e. The molecule has 1 aliphatic heterocycles. The lowest BCUT2D eigenvalue weighted by Crippen LogP contribution is -2.27. The number of nitrogens with one attached hydrogen (secondary N) is 1. The van der Waals surface area contributed by atoms with E-state index in [9.17, 15) is 9.59 Å². The van der Waals surface area contributed by atoms with Crippen molar-refractivity contribution in [3.8, 4) is 11.8 Å². The lowest BCUT2D eigenvalue weighted by molar-refractivity contribution is -0.123. The Labute approximate surface area is 212 Å². The van der Waals surface area contributed by atoms with E-state index in [2.05, 4.69) is 39.0 Å². The fourth-order valence-electron chi connectivity index (χ4n) is 4.19. The molecule has 2 amide bonds. The number of methoxy groups -OCH3 is 1. The van der Waals surface area contributed by atoms with Crippen LogP contribution < -0.4 is 11.1 Å².